The third-order valence-corrected chi connectivity index (χ3v) is 5.25. The standard InChI is InChI=1S/C18H20BrN3O5S/c1-26-16-8-7-13(17(10-16)27-2)11-20-21-18(23)12-22(28(3,24)25)15-6-4-5-14(19)9-15/h4-11H,12H2,1-3H3,(H,21,23)/b20-11-. The zero-order valence-electron chi connectivity index (χ0n) is 15.5. The summed E-state index contributed by atoms with van der Waals surface area (Å²) in [5.41, 5.74) is 3.31. The van der Waals surface area contributed by atoms with Crippen molar-refractivity contribution in [3.8, 4) is 11.5 Å². The van der Waals surface area contributed by atoms with Gasteiger partial charge in [0.15, 0.2) is 0 Å². The molecule has 0 aliphatic heterocycles. The van der Waals surface area contributed by atoms with E-state index in [0.29, 0.717) is 27.2 Å². The highest BCUT2D eigenvalue weighted by Crippen LogP contribution is 2.23. The van der Waals surface area contributed by atoms with Crippen molar-refractivity contribution in [1.82, 2.24) is 5.43 Å². The van der Waals surface area contributed by atoms with Crippen LogP contribution >= 0.6 is 15.9 Å². The molecule has 150 valence electrons. The molecular formula is C18H20BrN3O5S. The van der Waals surface area contributed by atoms with Gasteiger partial charge in [-0.15, -0.1) is 0 Å². The molecule has 28 heavy (non-hydrogen) atoms. The van der Waals surface area contributed by atoms with Gasteiger partial charge in [0.25, 0.3) is 5.91 Å². The first-order valence-electron chi connectivity index (χ1n) is 8.02. The van der Waals surface area contributed by atoms with Crippen molar-refractivity contribution < 1.29 is 22.7 Å². The SMILES string of the molecule is COc1ccc(/C=N\NC(=O)CN(c2cccc(Br)c2)S(C)(=O)=O)c(OC)c1. The average Bonchev–Trinajstić information content (AvgIpc) is 2.65. The number of anilines is 1. The number of rotatable bonds is 8. The van der Waals surface area contributed by atoms with Crippen molar-refractivity contribution in [3.63, 3.8) is 0 Å². The quantitative estimate of drug-likeness (QED) is 0.472. The molecule has 0 spiro atoms. The Bertz CT molecular complexity index is 979. The Balaban J connectivity index is 2.10. The third-order valence-electron chi connectivity index (χ3n) is 3.62. The maximum absolute atomic E-state index is 12.2. The molecular weight excluding hydrogens is 450 g/mol. The second-order valence-electron chi connectivity index (χ2n) is 5.65. The van der Waals surface area contributed by atoms with Gasteiger partial charge in [0.05, 0.1) is 32.4 Å². The Labute approximate surface area is 172 Å². The Kier molecular flexibility index (Phi) is 7.41. The molecule has 0 unspecified atom stereocenters. The van der Waals surface area contributed by atoms with E-state index in [-0.39, 0.29) is 0 Å². The van der Waals surface area contributed by atoms with Gasteiger partial charge >= 0.3 is 0 Å². The Hall–Kier alpha value is -2.59. The van der Waals surface area contributed by atoms with Crippen LogP contribution in [-0.2, 0) is 14.8 Å². The number of ether oxygens (including phenoxy) is 2. The fraction of sp³-hybridized carbons (Fsp3) is 0.222. The lowest BCUT2D eigenvalue weighted by molar-refractivity contribution is -0.119. The largest absolute Gasteiger partial charge is 0.497 e. The summed E-state index contributed by atoms with van der Waals surface area (Å²) in [5, 5.41) is 3.88. The summed E-state index contributed by atoms with van der Waals surface area (Å²) < 4.78 is 36.2. The van der Waals surface area contributed by atoms with Crippen molar-refractivity contribution in [2.24, 2.45) is 5.10 Å². The van der Waals surface area contributed by atoms with Gasteiger partial charge in [-0.1, -0.05) is 22.0 Å². The lowest BCUT2D eigenvalue weighted by Gasteiger charge is -2.21. The van der Waals surface area contributed by atoms with Gasteiger partial charge in [-0.25, -0.2) is 13.8 Å². The molecule has 1 N–H and O–H groups in total. The Morgan fingerprint density at radius 1 is 1.21 bits per heavy atom. The van der Waals surface area contributed by atoms with E-state index in [1.54, 1.807) is 49.6 Å². The van der Waals surface area contributed by atoms with E-state index in [9.17, 15) is 13.2 Å². The monoisotopic (exact) mass is 469 g/mol. The summed E-state index contributed by atoms with van der Waals surface area (Å²) in [6.07, 6.45) is 2.44. The van der Waals surface area contributed by atoms with Crippen molar-refractivity contribution >= 4 is 43.8 Å². The molecule has 2 aromatic rings. The van der Waals surface area contributed by atoms with Crippen molar-refractivity contribution in [2.45, 2.75) is 0 Å². The molecule has 8 nitrogen and oxygen atoms in total. The van der Waals surface area contributed by atoms with Gasteiger partial charge in [-0.3, -0.25) is 9.10 Å². The molecule has 0 fully saturated rings. The highest BCUT2D eigenvalue weighted by molar-refractivity contribution is 9.10. The molecule has 2 rings (SSSR count). The highest BCUT2D eigenvalue weighted by atomic mass is 79.9. The fourth-order valence-electron chi connectivity index (χ4n) is 2.30. The number of benzene rings is 2. The number of carbonyl (C=O) groups is 1. The van der Waals surface area contributed by atoms with Crippen LogP contribution in [0.15, 0.2) is 52.0 Å². The first-order valence-corrected chi connectivity index (χ1v) is 10.7. The van der Waals surface area contributed by atoms with E-state index in [0.717, 1.165) is 10.6 Å². The summed E-state index contributed by atoms with van der Waals surface area (Å²) in [7, 11) is -0.610. The molecule has 0 aliphatic rings. The maximum atomic E-state index is 12.2. The summed E-state index contributed by atoms with van der Waals surface area (Å²) in [6, 6.07) is 11.8. The van der Waals surface area contributed by atoms with Crippen LogP contribution in [0.3, 0.4) is 0 Å². The number of methoxy groups -OCH3 is 2. The Morgan fingerprint density at radius 2 is 1.96 bits per heavy atom. The first kappa shape index (κ1) is 21.7. The molecule has 0 bridgehead atoms. The summed E-state index contributed by atoms with van der Waals surface area (Å²) in [5.74, 6) is 0.550. The number of nitrogens with one attached hydrogen (secondary N) is 1. The van der Waals surface area contributed by atoms with E-state index < -0.39 is 22.5 Å². The van der Waals surface area contributed by atoms with E-state index >= 15 is 0 Å². The first-order chi connectivity index (χ1) is 13.2. The minimum atomic E-state index is -3.66. The minimum absolute atomic E-state index is 0.368. The van der Waals surface area contributed by atoms with Gasteiger partial charge in [0.2, 0.25) is 10.0 Å². The van der Waals surface area contributed by atoms with Crippen LogP contribution in [0.25, 0.3) is 0 Å². The number of carbonyl (C=O) groups excluding carboxylic acids is 1. The molecule has 0 saturated heterocycles. The van der Waals surface area contributed by atoms with Crippen molar-refractivity contribution in [2.75, 3.05) is 31.3 Å². The predicted octanol–water partition coefficient (Wildman–Crippen LogP) is 2.38. The average molecular weight is 470 g/mol. The van der Waals surface area contributed by atoms with Gasteiger partial charge < -0.3 is 9.47 Å². The van der Waals surface area contributed by atoms with Crippen LogP contribution in [0.4, 0.5) is 5.69 Å². The summed E-state index contributed by atoms with van der Waals surface area (Å²) >= 11 is 3.29. The predicted molar refractivity (Wildman–Crippen MR) is 112 cm³/mol. The van der Waals surface area contributed by atoms with E-state index in [1.807, 2.05) is 0 Å². The fourth-order valence-corrected chi connectivity index (χ4v) is 3.53. The Morgan fingerprint density at radius 3 is 2.57 bits per heavy atom. The summed E-state index contributed by atoms with van der Waals surface area (Å²) in [4.78, 5) is 12.2. The number of hydrogen-bond donors (Lipinski definition) is 1. The second kappa shape index (κ2) is 9.56. The normalized spacial score (nSPS) is 11.3. The van der Waals surface area contributed by atoms with Gasteiger partial charge in [-0.2, -0.15) is 5.10 Å². The van der Waals surface area contributed by atoms with Crippen LogP contribution in [0.2, 0.25) is 0 Å². The van der Waals surface area contributed by atoms with Crippen LogP contribution in [0.5, 0.6) is 11.5 Å². The number of hydrogen-bond acceptors (Lipinski definition) is 6. The number of nitrogens with zero attached hydrogens (tertiary/aromatic N) is 2. The van der Waals surface area contributed by atoms with Crippen LogP contribution < -0.4 is 19.2 Å². The molecule has 2 aromatic carbocycles. The number of halogens is 1. The molecule has 10 heteroatoms. The van der Waals surface area contributed by atoms with Crippen LogP contribution in [0, 0.1) is 0 Å². The zero-order valence-corrected chi connectivity index (χ0v) is 18.0. The topological polar surface area (TPSA) is 97.3 Å². The van der Waals surface area contributed by atoms with Crippen LogP contribution in [-0.4, -0.2) is 47.6 Å². The van der Waals surface area contributed by atoms with Gasteiger partial charge in [-0.05, 0) is 30.3 Å². The molecule has 0 saturated carbocycles. The van der Waals surface area contributed by atoms with Gasteiger partial charge in [0, 0.05) is 16.1 Å². The van der Waals surface area contributed by atoms with E-state index in [1.165, 1.54) is 13.3 Å². The van der Waals surface area contributed by atoms with Gasteiger partial charge in [0.1, 0.15) is 18.0 Å². The summed E-state index contributed by atoms with van der Waals surface area (Å²) in [6.45, 7) is -0.410. The zero-order chi connectivity index (χ0) is 20.7. The number of amides is 1. The van der Waals surface area contributed by atoms with Crippen molar-refractivity contribution in [3.05, 3.63) is 52.5 Å². The molecule has 0 radical (unpaired) electrons. The third kappa shape index (κ3) is 5.96. The smallest absolute Gasteiger partial charge is 0.260 e. The number of sulfonamides is 1. The van der Waals surface area contributed by atoms with E-state index in [2.05, 4.69) is 26.5 Å². The highest BCUT2D eigenvalue weighted by Gasteiger charge is 2.20. The molecule has 0 aromatic heterocycles. The van der Waals surface area contributed by atoms with Crippen LogP contribution in [0.1, 0.15) is 5.56 Å². The van der Waals surface area contributed by atoms with E-state index in [4.69, 9.17) is 9.47 Å². The molecule has 0 heterocycles. The molecule has 0 aliphatic carbocycles. The minimum Gasteiger partial charge on any atom is -0.497 e. The number of hydrazone groups is 1. The molecule has 1 amide bonds. The lowest BCUT2D eigenvalue weighted by atomic mass is 10.2. The van der Waals surface area contributed by atoms with Crippen molar-refractivity contribution in [1.29, 1.82) is 0 Å². The maximum Gasteiger partial charge on any atom is 0.260 e. The lowest BCUT2D eigenvalue weighted by Crippen LogP contribution is -2.39. The second-order valence-corrected chi connectivity index (χ2v) is 8.47. The molecule has 0 atom stereocenters.